The molecule has 10 nitrogen and oxygen atoms in total. The van der Waals surface area contributed by atoms with Crippen molar-refractivity contribution < 1.29 is 25.9 Å². The molecule has 0 saturated carbocycles. The molecule has 2 unspecified atom stereocenters. The summed E-state index contributed by atoms with van der Waals surface area (Å²) >= 11 is 0. The van der Waals surface area contributed by atoms with Gasteiger partial charge in [0.15, 0.2) is 0 Å². The zero-order chi connectivity index (χ0) is 41.4. The Kier molecular flexibility index (Phi) is 20.3. The molecule has 0 aromatic heterocycles. The zero-order valence-electron chi connectivity index (χ0n) is 35.0. The van der Waals surface area contributed by atoms with Crippen LogP contribution in [0.2, 0.25) is 0 Å². The van der Waals surface area contributed by atoms with E-state index < -0.39 is 20.2 Å². The molecule has 59 heavy (non-hydrogen) atoms. The maximum Gasteiger partial charge on any atom is 2.00 e. The number of hydrogen-bond acceptors (Lipinski definition) is 10. The normalized spacial score (nSPS) is 15.7. The minimum atomic E-state index is -4.47. The van der Waals surface area contributed by atoms with Gasteiger partial charge in [0.05, 0.1) is 44.9 Å². The molecule has 13 heteroatoms. The first-order valence-electron chi connectivity index (χ1n) is 21.3. The van der Waals surface area contributed by atoms with Crippen LogP contribution in [-0.2, 0) is 33.3 Å². The Morgan fingerprint density at radius 2 is 0.831 bits per heavy atom. The van der Waals surface area contributed by atoms with Gasteiger partial charge in [0.2, 0.25) is 0 Å². The standard InChI is InChI=1S/2C23H32N2O3S.Ca/c2*1-2-3-4-5-6-7-11-14-23-24-21-16-15-20(29(26,27)28)17-22(21)25(23)18-19-12-9-8-10-13-19;/h2*8-10,12-13,15-17,23-24H,2-7,11,14,18H2,1H3,(H,26,27,28);/q;;+2/p-2. The summed E-state index contributed by atoms with van der Waals surface area (Å²) in [5.74, 6) is 0. The minimum Gasteiger partial charge on any atom is -0.744 e. The van der Waals surface area contributed by atoms with Gasteiger partial charge in [-0.05, 0) is 73.2 Å². The molecule has 4 aromatic rings. The average molecular weight is 871 g/mol. The van der Waals surface area contributed by atoms with E-state index in [1.807, 2.05) is 36.4 Å². The molecule has 2 atom stereocenters. The summed E-state index contributed by atoms with van der Waals surface area (Å²) < 4.78 is 69.0. The van der Waals surface area contributed by atoms with E-state index in [0.29, 0.717) is 13.1 Å². The van der Waals surface area contributed by atoms with E-state index >= 15 is 0 Å². The van der Waals surface area contributed by atoms with Crippen molar-refractivity contribution in [2.75, 3.05) is 20.4 Å². The molecular weight excluding hydrogens is 809 g/mol. The molecule has 0 bridgehead atoms. The smallest absolute Gasteiger partial charge is 0.744 e. The van der Waals surface area contributed by atoms with Crippen molar-refractivity contribution in [1.82, 2.24) is 0 Å². The second-order valence-electron chi connectivity index (χ2n) is 15.6. The fourth-order valence-electron chi connectivity index (χ4n) is 7.90. The van der Waals surface area contributed by atoms with Gasteiger partial charge in [-0.1, -0.05) is 152 Å². The number of anilines is 4. The maximum absolute atomic E-state index is 11.5. The number of fused-ring (bicyclic) bond motifs is 2. The number of benzene rings is 4. The van der Waals surface area contributed by atoms with E-state index in [0.717, 1.165) is 59.6 Å². The third kappa shape index (κ3) is 15.2. The van der Waals surface area contributed by atoms with Crippen LogP contribution in [0.1, 0.15) is 128 Å². The van der Waals surface area contributed by atoms with Crippen LogP contribution >= 0.6 is 0 Å². The average Bonchev–Trinajstić information content (AvgIpc) is 3.73. The molecule has 2 aliphatic rings. The SMILES string of the molecule is CCCCCCCCCC1Nc2ccc(S(=O)(=O)[O-])cc2N1Cc1ccccc1.CCCCCCCCCC1Nc2ccc(S(=O)(=O)[O-])cc2N1Cc1ccccc1.[Ca+2]. The summed E-state index contributed by atoms with van der Waals surface area (Å²) in [6.45, 7) is 5.80. The molecule has 6 rings (SSSR count). The first-order valence-corrected chi connectivity index (χ1v) is 24.1. The van der Waals surface area contributed by atoms with Crippen LogP contribution in [0.4, 0.5) is 22.7 Å². The largest absolute Gasteiger partial charge is 2.00 e. The molecule has 0 amide bonds. The van der Waals surface area contributed by atoms with Crippen LogP contribution in [-0.4, -0.2) is 76.0 Å². The second kappa shape index (κ2) is 24.6. The Labute approximate surface area is 384 Å². The third-order valence-corrected chi connectivity index (χ3v) is 12.7. The van der Waals surface area contributed by atoms with Crippen LogP contribution in [0.3, 0.4) is 0 Å². The Bertz CT molecular complexity index is 1920. The van der Waals surface area contributed by atoms with Crippen molar-refractivity contribution >= 4 is 80.7 Å². The molecule has 0 saturated heterocycles. The Morgan fingerprint density at radius 3 is 1.17 bits per heavy atom. The van der Waals surface area contributed by atoms with E-state index in [-0.39, 0.29) is 59.9 Å². The molecule has 2 heterocycles. The van der Waals surface area contributed by atoms with E-state index in [4.69, 9.17) is 0 Å². The summed E-state index contributed by atoms with van der Waals surface area (Å²) in [5, 5.41) is 7.05. The molecule has 0 aliphatic carbocycles. The van der Waals surface area contributed by atoms with Crippen molar-refractivity contribution in [1.29, 1.82) is 0 Å². The van der Waals surface area contributed by atoms with Gasteiger partial charge < -0.3 is 29.5 Å². The van der Waals surface area contributed by atoms with Gasteiger partial charge in [-0.25, -0.2) is 16.8 Å². The Morgan fingerprint density at radius 1 is 0.492 bits per heavy atom. The molecule has 0 spiro atoms. The fourth-order valence-corrected chi connectivity index (χ4v) is 8.88. The van der Waals surface area contributed by atoms with Gasteiger partial charge in [-0.3, -0.25) is 0 Å². The zero-order valence-corrected chi connectivity index (χ0v) is 38.8. The molecule has 316 valence electrons. The monoisotopic (exact) mass is 870 g/mol. The van der Waals surface area contributed by atoms with Crippen LogP contribution < -0.4 is 20.4 Å². The van der Waals surface area contributed by atoms with E-state index in [1.54, 1.807) is 12.1 Å². The fraction of sp³-hybridized carbons (Fsp3) is 0.478. The molecule has 0 radical (unpaired) electrons. The number of rotatable bonds is 22. The second-order valence-corrected chi connectivity index (χ2v) is 18.4. The summed E-state index contributed by atoms with van der Waals surface area (Å²) in [4.78, 5) is 4.03. The first-order chi connectivity index (χ1) is 28.0. The predicted octanol–water partition coefficient (Wildman–Crippen LogP) is 10.6. The summed E-state index contributed by atoms with van der Waals surface area (Å²) in [6.07, 6.45) is 19.7. The minimum absolute atomic E-state index is 0. The van der Waals surface area contributed by atoms with Crippen molar-refractivity contribution in [3.05, 3.63) is 108 Å². The molecule has 2 aliphatic heterocycles. The number of nitrogens with zero attached hydrogens (tertiary/aromatic N) is 2. The Balaban J connectivity index is 0.000000256. The number of nitrogens with one attached hydrogen (secondary N) is 2. The van der Waals surface area contributed by atoms with Crippen LogP contribution in [0.5, 0.6) is 0 Å². The predicted molar refractivity (Wildman–Crippen MR) is 240 cm³/mol. The van der Waals surface area contributed by atoms with Gasteiger partial charge in [0.25, 0.3) is 0 Å². The first kappa shape index (κ1) is 48.8. The van der Waals surface area contributed by atoms with E-state index in [1.165, 1.54) is 101 Å². The summed E-state index contributed by atoms with van der Waals surface area (Å²) in [7, 11) is -8.95. The van der Waals surface area contributed by atoms with Crippen LogP contribution in [0.25, 0.3) is 0 Å². The van der Waals surface area contributed by atoms with Crippen LogP contribution in [0.15, 0.2) is 107 Å². The maximum atomic E-state index is 11.5. The Hall–Kier alpha value is -2.84. The number of hydrogen-bond donors (Lipinski definition) is 2. The quantitative estimate of drug-likeness (QED) is 0.0445. The number of unbranched alkanes of at least 4 members (excludes halogenated alkanes) is 12. The van der Waals surface area contributed by atoms with Gasteiger partial charge >= 0.3 is 37.7 Å². The van der Waals surface area contributed by atoms with E-state index in [9.17, 15) is 25.9 Å². The van der Waals surface area contributed by atoms with Crippen molar-refractivity contribution in [2.45, 2.75) is 152 Å². The molecule has 4 aromatic carbocycles. The van der Waals surface area contributed by atoms with Gasteiger partial charge in [-0.15, -0.1) is 0 Å². The summed E-state index contributed by atoms with van der Waals surface area (Å²) in [5.41, 5.74) is 5.67. The molecule has 0 fully saturated rings. The summed E-state index contributed by atoms with van der Waals surface area (Å²) in [6, 6.07) is 29.5. The van der Waals surface area contributed by atoms with Crippen LogP contribution in [0, 0.1) is 0 Å². The van der Waals surface area contributed by atoms with Gasteiger partial charge in [0.1, 0.15) is 20.2 Å². The van der Waals surface area contributed by atoms with Crippen molar-refractivity contribution in [3.63, 3.8) is 0 Å². The van der Waals surface area contributed by atoms with Crippen molar-refractivity contribution in [3.8, 4) is 0 Å². The van der Waals surface area contributed by atoms with Gasteiger partial charge in [0, 0.05) is 13.1 Å². The third-order valence-electron chi connectivity index (χ3n) is 11.1. The van der Waals surface area contributed by atoms with E-state index in [2.05, 4.69) is 58.5 Å². The van der Waals surface area contributed by atoms with Gasteiger partial charge in [-0.2, -0.15) is 0 Å². The molecular formula is C46H62CaN4O6S2. The van der Waals surface area contributed by atoms with Crippen molar-refractivity contribution in [2.24, 2.45) is 0 Å². The topological polar surface area (TPSA) is 145 Å². The molecule has 2 N–H and O–H groups in total.